The van der Waals surface area contributed by atoms with Crippen molar-refractivity contribution in [1.82, 2.24) is 0 Å². The van der Waals surface area contributed by atoms with E-state index in [1.54, 1.807) is 11.8 Å². The Morgan fingerprint density at radius 2 is 2.05 bits per heavy atom. The second kappa shape index (κ2) is 5.21. The van der Waals surface area contributed by atoms with E-state index >= 15 is 0 Å². The zero-order valence-electron chi connectivity index (χ0n) is 11.0. The van der Waals surface area contributed by atoms with E-state index in [0.29, 0.717) is 12.4 Å². The van der Waals surface area contributed by atoms with E-state index in [1.807, 2.05) is 48.7 Å². The predicted molar refractivity (Wildman–Crippen MR) is 78.5 cm³/mol. The minimum absolute atomic E-state index is 0.408. The van der Waals surface area contributed by atoms with Crippen LogP contribution in [0.1, 0.15) is 22.6 Å². The molecule has 3 rings (SSSR count). The van der Waals surface area contributed by atoms with Crippen molar-refractivity contribution in [2.24, 2.45) is 0 Å². The third-order valence-electron chi connectivity index (χ3n) is 3.52. The Bertz CT molecular complexity index is 667. The molecule has 0 spiro atoms. The van der Waals surface area contributed by atoms with Gasteiger partial charge in [-0.05, 0) is 35.6 Å². The maximum atomic E-state index is 11.8. The Labute approximate surface area is 121 Å². The molecule has 1 unspecified atom stereocenters. The first kappa shape index (κ1) is 13.1. The second-order valence-electron chi connectivity index (χ2n) is 4.66. The first-order valence-electron chi connectivity index (χ1n) is 6.32. The van der Waals surface area contributed by atoms with E-state index in [-0.39, 0.29) is 0 Å². The number of hydrogen-bond donors (Lipinski definition) is 1. The Hall–Kier alpha value is -1.94. The van der Waals surface area contributed by atoms with Crippen LogP contribution < -0.4 is 4.74 Å². The van der Waals surface area contributed by atoms with Crippen LogP contribution in [-0.2, 0) is 11.4 Å². The van der Waals surface area contributed by atoms with Crippen molar-refractivity contribution in [2.45, 2.75) is 17.4 Å². The predicted octanol–water partition coefficient (Wildman–Crippen LogP) is 3.52. The van der Waals surface area contributed by atoms with Crippen LogP contribution in [0.3, 0.4) is 0 Å². The summed E-state index contributed by atoms with van der Waals surface area (Å²) in [4.78, 5) is 12.8. The third-order valence-corrected chi connectivity index (χ3v) is 4.25. The first-order valence-corrected chi connectivity index (χ1v) is 7.54. The highest BCUT2D eigenvalue weighted by Crippen LogP contribution is 2.39. The van der Waals surface area contributed by atoms with Gasteiger partial charge in [-0.15, -0.1) is 11.8 Å². The SMILES string of the molecule is CSc1ccc2c(c1)C(C(=O)O)c1ccccc1CO2. The van der Waals surface area contributed by atoms with Gasteiger partial charge in [-0.3, -0.25) is 4.79 Å². The van der Waals surface area contributed by atoms with Gasteiger partial charge in [0.1, 0.15) is 18.3 Å². The molecule has 1 aliphatic rings. The summed E-state index contributed by atoms with van der Waals surface area (Å²) in [5, 5.41) is 9.66. The number of hydrogen-bond acceptors (Lipinski definition) is 3. The van der Waals surface area contributed by atoms with E-state index < -0.39 is 11.9 Å². The van der Waals surface area contributed by atoms with Gasteiger partial charge in [0.25, 0.3) is 0 Å². The standard InChI is InChI=1S/C16H14O3S/c1-20-11-6-7-14-13(8-11)15(16(17)18)12-5-3-2-4-10(12)9-19-14/h2-8,15H,9H2,1H3,(H,17,18). The smallest absolute Gasteiger partial charge is 0.315 e. The Morgan fingerprint density at radius 3 is 2.80 bits per heavy atom. The summed E-state index contributed by atoms with van der Waals surface area (Å²) in [5.41, 5.74) is 2.48. The van der Waals surface area contributed by atoms with E-state index in [0.717, 1.165) is 21.6 Å². The average Bonchev–Trinajstić information content (AvgIpc) is 2.62. The van der Waals surface area contributed by atoms with Gasteiger partial charge in [0, 0.05) is 10.5 Å². The number of aliphatic carboxylic acids is 1. The molecule has 0 amide bonds. The van der Waals surface area contributed by atoms with Crippen molar-refractivity contribution in [1.29, 1.82) is 0 Å². The number of fused-ring (bicyclic) bond motifs is 2. The molecule has 0 radical (unpaired) electrons. The van der Waals surface area contributed by atoms with Crippen LogP contribution in [-0.4, -0.2) is 17.3 Å². The second-order valence-corrected chi connectivity index (χ2v) is 5.54. The highest BCUT2D eigenvalue weighted by Gasteiger charge is 2.30. The molecule has 102 valence electrons. The Morgan fingerprint density at radius 1 is 1.25 bits per heavy atom. The van der Waals surface area contributed by atoms with Gasteiger partial charge in [0.15, 0.2) is 0 Å². The lowest BCUT2D eigenvalue weighted by Gasteiger charge is -2.15. The molecule has 3 nitrogen and oxygen atoms in total. The lowest BCUT2D eigenvalue weighted by atomic mass is 9.88. The molecule has 1 N–H and O–H groups in total. The van der Waals surface area contributed by atoms with E-state index in [2.05, 4.69) is 0 Å². The Kier molecular flexibility index (Phi) is 3.40. The topological polar surface area (TPSA) is 46.5 Å². The molecule has 1 atom stereocenters. The molecule has 0 fully saturated rings. The molecular weight excluding hydrogens is 272 g/mol. The first-order chi connectivity index (χ1) is 9.70. The van der Waals surface area contributed by atoms with Crippen LogP contribution in [0.5, 0.6) is 5.75 Å². The van der Waals surface area contributed by atoms with Gasteiger partial charge >= 0.3 is 5.97 Å². The van der Waals surface area contributed by atoms with E-state index in [4.69, 9.17) is 4.74 Å². The molecule has 0 bridgehead atoms. The summed E-state index contributed by atoms with van der Waals surface area (Å²) in [5.74, 6) is -0.857. The van der Waals surface area contributed by atoms with Gasteiger partial charge in [0.05, 0.1) is 0 Å². The molecule has 1 aliphatic heterocycles. The zero-order chi connectivity index (χ0) is 14.1. The van der Waals surface area contributed by atoms with Crippen LogP contribution >= 0.6 is 11.8 Å². The molecule has 0 saturated heterocycles. The molecule has 4 heteroatoms. The van der Waals surface area contributed by atoms with Crippen molar-refractivity contribution >= 4 is 17.7 Å². The summed E-state index contributed by atoms with van der Waals surface area (Å²) >= 11 is 1.59. The van der Waals surface area contributed by atoms with Crippen molar-refractivity contribution < 1.29 is 14.6 Å². The fourth-order valence-electron chi connectivity index (χ4n) is 2.55. The number of carboxylic acid groups (broad SMARTS) is 1. The monoisotopic (exact) mass is 286 g/mol. The van der Waals surface area contributed by atoms with Crippen LogP contribution in [0.2, 0.25) is 0 Å². The third kappa shape index (κ3) is 2.16. The molecule has 0 saturated carbocycles. The summed E-state index contributed by atoms with van der Waals surface area (Å²) in [6.07, 6.45) is 1.98. The van der Waals surface area contributed by atoms with E-state index in [9.17, 15) is 9.90 Å². The number of benzene rings is 2. The summed E-state index contributed by atoms with van der Waals surface area (Å²) in [6, 6.07) is 13.3. The van der Waals surface area contributed by atoms with Crippen LogP contribution in [0.15, 0.2) is 47.4 Å². The van der Waals surface area contributed by atoms with Crippen molar-refractivity contribution in [3.8, 4) is 5.75 Å². The summed E-state index contributed by atoms with van der Waals surface area (Å²) in [6.45, 7) is 0.408. The molecule has 2 aromatic rings. The number of carbonyl (C=O) groups is 1. The van der Waals surface area contributed by atoms with Crippen LogP contribution in [0, 0.1) is 0 Å². The molecule has 20 heavy (non-hydrogen) atoms. The number of carboxylic acids is 1. The average molecular weight is 286 g/mol. The fraction of sp³-hybridized carbons (Fsp3) is 0.188. The zero-order valence-corrected chi connectivity index (χ0v) is 11.8. The normalized spacial score (nSPS) is 16.6. The summed E-state index contributed by atoms with van der Waals surface area (Å²) < 4.78 is 5.78. The van der Waals surface area contributed by atoms with Crippen molar-refractivity contribution in [3.05, 3.63) is 59.2 Å². The largest absolute Gasteiger partial charge is 0.489 e. The lowest BCUT2D eigenvalue weighted by Crippen LogP contribution is -2.13. The van der Waals surface area contributed by atoms with Gasteiger partial charge in [-0.1, -0.05) is 24.3 Å². The van der Waals surface area contributed by atoms with Crippen molar-refractivity contribution in [3.63, 3.8) is 0 Å². The van der Waals surface area contributed by atoms with Gasteiger partial charge < -0.3 is 9.84 Å². The number of rotatable bonds is 2. The maximum absolute atomic E-state index is 11.8. The van der Waals surface area contributed by atoms with Gasteiger partial charge in [-0.25, -0.2) is 0 Å². The molecular formula is C16H14O3S. The fourth-order valence-corrected chi connectivity index (χ4v) is 3.00. The lowest BCUT2D eigenvalue weighted by molar-refractivity contribution is -0.137. The molecule has 0 aromatic heterocycles. The highest BCUT2D eigenvalue weighted by atomic mass is 32.2. The number of ether oxygens (including phenoxy) is 1. The molecule has 0 aliphatic carbocycles. The molecule has 2 aromatic carbocycles. The van der Waals surface area contributed by atoms with Gasteiger partial charge in [0.2, 0.25) is 0 Å². The quantitative estimate of drug-likeness (QED) is 0.858. The van der Waals surface area contributed by atoms with E-state index in [1.165, 1.54) is 0 Å². The number of thioether (sulfide) groups is 1. The summed E-state index contributed by atoms with van der Waals surface area (Å²) in [7, 11) is 0. The van der Waals surface area contributed by atoms with Crippen LogP contribution in [0.25, 0.3) is 0 Å². The maximum Gasteiger partial charge on any atom is 0.315 e. The minimum Gasteiger partial charge on any atom is -0.489 e. The van der Waals surface area contributed by atoms with Crippen LogP contribution in [0.4, 0.5) is 0 Å². The van der Waals surface area contributed by atoms with Crippen molar-refractivity contribution in [2.75, 3.05) is 6.26 Å². The highest BCUT2D eigenvalue weighted by molar-refractivity contribution is 7.98. The molecule has 1 heterocycles. The Balaban J connectivity index is 2.22. The van der Waals surface area contributed by atoms with Gasteiger partial charge in [-0.2, -0.15) is 0 Å². The minimum atomic E-state index is -0.845.